The van der Waals surface area contributed by atoms with Gasteiger partial charge in [0.05, 0.1) is 29.7 Å². The van der Waals surface area contributed by atoms with Gasteiger partial charge in [-0.25, -0.2) is 4.90 Å². The predicted molar refractivity (Wildman–Crippen MR) is 75.8 cm³/mol. The maximum atomic E-state index is 12.7. The van der Waals surface area contributed by atoms with Crippen LogP contribution < -0.4 is 4.90 Å². The summed E-state index contributed by atoms with van der Waals surface area (Å²) in [6, 6.07) is 6.06. The van der Waals surface area contributed by atoms with Gasteiger partial charge in [0.2, 0.25) is 11.8 Å². The Kier molecular flexibility index (Phi) is 2.24. The van der Waals surface area contributed by atoms with Crippen molar-refractivity contribution in [3.63, 3.8) is 0 Å². The summed E-state index contributed by atoms with van der Waals surface area (Å²) in [6.07, 6.45) is 5.11. The minimum atomic E-state index is -0.232. The van der Waals surface area contributed by atoms with Crippen molar-refractivity contribution in [2.24, 2.45) is 11.8 Å². The molecule has 3 heterocycles. The molecule has 4 aliphatic rings. The first kappa shape index (κ1) is 11.9. The molecule has 4 nitrogen and oxygen atoms in total. The number of ether oxygens (including phenoxy) is 1. The van der Waals surface area contributed by atoms with Crippen LogP contribution in [0.4, 0.5) is 5.69 Å². The maximum absolute atomic E-state index is 12.7. The van der Waals surface area contributed by atoms with E-state index in [2.05, 4.69) is 6.07 Å². The van der Waals surface area contributed by atoms with Crippen LogP contribution in [-0.2, 0) is 27.2 Å². The Morgan fingerprint density at radius 3 is 2.33 bits per heavy atom. The number of hydrogen-bond acceptors (Lipinski definition) is 3. The number of benzene rings is 1. The molecule has 108 valence electrons. The topological polar surface area (TPSA) is 46.6 Å². The lowest BCUT2D eigenvalue weighted by molar-refractivity contribution is -0.124. The summed E-state index contributed by atoms with van der Waals surface area (Å²) in [6.45, 7) is 0. The molecular formula is C17H17NO3. The molecule has 0 saturated carbocycles. The number of rotatable bonds is 1. The number of imide groups is 1. The highest BCUT2D eigenvalue weighted by molar-refractivity contribution is 6.22. The second kappa shape index (κ2) is 3.95. The maximum Gasteiger partial charge on any atom is 0.240 e. The van der Waals surface area contributed by atoms with E-state index >= 15 is 0 Å². The number of carbonyl (C=O) groups is 2. The summed E-state index contributed by atoms with van der Waals surface area (Å²) in [5.41, 5.74) is 3.42. The molecule has 4 atom stereocenters. The Labute approximate surface area is 123 Å². The third-order valence-electron chi connectivity index (χ3n) is 5.62. The van der Waals surface area contributed by atoms with Crippen LogP contribution in [0.5, 0.6) is 0 Å². The number of fused-ring (bicyclic) bond motifs is 6. The lowest BCUT2D eigenvalue weighted by Crippen LogP contribution is -2.34. The van der Waals surface area contributed by atoms with E-state index in [1.54, 1.807) is 0 Å². The van der Waals surface area contributed by atoms with Gasteiger partial charge < -0.3 is 4.74 Å². The van der Waals surface area contributed by atoms with Gasteiger partial charge in [-0.15, -0.1) is 0 Å². The Morgan fingerprint density at radius 2 is 1.62 bits per heavy atom. The number of aryl methyl sites for hydroxylation is 2. The van der Waals surface area contributed by atoms with Gasteiger partial charge in [0.1, 0.15) is 0 Å². The average Bonchev–Trinajstić information content (AvgIpc) is 3.22. The number of carbonyl (C=O) groups excluding carboxylic acids is 2. The van der Waals surface area contributed by atoms with Gasteiger partial charge in [0.25, 0.3) is 0 Å². The van der Waals surface area contributed by atoms with Gasteiger partial charge in [-0.3, -0.25) is 9.59 Å². The van der Waals surface area contributed by atoms with Gasteiger partial charge >= 0.3 is 0 Å². The number of hydrogen-bond donors (Lipinski definition) is 0. The fourth-order valence-electron chi connectivity index (χ4n) is 4.66. The van der Waals surface area contributed by atoms with E-state index in [-0.39, 0.29) is 35.9 Å². The number of anilines is 1. The van der Waals surface area contributed by atoms with Crippen LogP contribution in [-0.4, -0.2) is 24.0 Å². The lowest BCUT2D eigenvalue weighted by Gasteiger charge is -2.18. The third kappa shape index (κ3) is 1.43. The van der Waals surface area contributed by atoms with Crippen molar-refractivity contribution in [2.75, 3.05) is 4.90 Å². The zero-order chi connectivity index (χ0) is 14.1. The van der Waals surface area contributed by atoms with Crippen LogP contribution in [0.25, 0.3) is 0 Å². The largest absolute Gasteiger partial charge is 0.373 e. The van der Waals surface area contributed by atoms with Crippen LogP contribution in [0.15, 0.2) is 18.2 Å². The van der Waals surface area contributed by atoms with E-state index in [4.69, 9.17) is 4.74 Å². The van der Waals surface area contributed by atoms with Crippen molar-refractivity contribution < 1.29 is 14.3 Å². The molecule has 0 radical (unpaired) electrons. The predicted octanol–water partition coefficient (Wildman–Crippen LogP) is 1.84. The van der Waals surface area contributed by atoms with E-state index in [9.17, 15) is 9.59 Å². The summed E-state index contributed by atoms with van der Waals surface area (Å²) in [5.74, 6) is -0.556. The van der Waals surface area contributed by atoms with Crippen molar-refractivity contribution in [3.05, 3.63) is 29.3 Å². The normalized spacial score (nSPS) is 36.5. The summed E-state index contributed by atoms with van der Waals surface area (Å²) in [5, 5.41) is 0. The molecule has 0 aromatic heterocycles. The monoisotopic (exact) mass is 283 g/mol. The standard InChI is InChI=1S/C17H17NO3/c19-16-14-12-6-7-13(21-12)15(14)17(20)18(16)11-5-4-9-2-1-3-10(9)8-11/h4-5,8,12-15H,1-3,6-7H2. The molecule has 5 rings (SSSR count). The molecule has 2 amide bonds. The van der Waals surface area contributed by atoms with E-state index in [0.29, 0.717) is 0 Å². The van der Waals surface area contributed by atoms with Crippen LogP contribution in [0.2, 0.25) is 0 Å². The van der Waals surface area contributed by atoms with Gasteiger partial charge in [0.15, 0.2) is 0 Å². The highest BCUT2D eigenvalue weighted by Crippen LogP contribution is 2.49. The smallest absolute Gasteiger partial charge is 0.240 e. The van der Waals surface area contributed by atoms with Gasteiger partial charge in [-0.2, -0.15) is 0 Å². The molecule has 3 fully saturated rings. The lowest BCUT2D eigenvalue weighted by atomic mass is 9.81. The molecule has 0 spiro atoms. The molecule has 21 heavy (non-hydrogen) atoms. The van der Waals surface area contributed by atoms with Gasteiger partial charge in [-0.05, 0) is 55.4 Å². The molecule has 2 bridgehead atoms. The summed E-state index contributed by atoms with van der Waals surface area (Å²) in [4.78, 5) is 26.9. The fourth-order valence-corrected chi connectivity index (χ4v) is 4.66. The van der Waals surface area contributed by atoms with Crippen LogP contribution >= 0.6 is 0 Å². The van der Waals surface area contributed by atoms with E-state index in [1.165, 1.54) is 22.4 Å². The number of nitrogens with zero attached hydrogens (tertiary/aromatic N) is 1. The first-order chi connectivity index (χ1) is 10.2. The summed E-state index contributed by atoms with van der Waals surface area (Å²) in [7, 11) is 0. The second-order valence-electron chi connectivity index (χ2n) is 6.66. The van der Waals surface area contributed by atoms with Gasteiger partial charge in [0, 0.05) is 0 Å². The number of amides is 2. The van der Waals surface area contributed by atoms with Crippen molar-refractivity contribution in [3.8, 4) is 0 Å². The minimum absolute atomic E-state index is 0.0316. The average molecular weight is 283 g/mol. The van der Waals surface area contributed by atoms with Crippen molar-refractivity contribution >= 4 is 17.5 Å². The SMILES string of the molecule is O=C1C2C3CCC(O3)C2C(=O)N1c1ccc2c(c1)CCC2. The van der Waals surface area contributed by atoms with Crippen LogP contribution in [0.1, 0.15) is 30.4 Å². The zero-order valence-corrected chi connectivity index (χ0v) is 11.7. The van der Waals surface area contributed by atoms with Crippen LogP contribution in [0, 0.1) is 11.8 Å². The Morgan fingerprint density at radius 1 is 0.952 bits per heavy atom. The van der Waals surface area contributed by atoms with Gasteiger partial charge in [-0.1, -0.05) is 6.07 Å². The first-order valence-corrected chi connectivity index (χ1v) is 7.89. The third-order valence-corrected chi connectivity index (χ3v) is 5.62. The molecule has 1 aromatic rings. The summed E-state index contributed by atoms with van der Waals surface area (Å²) >= 11 is 0. The van der Waals surface area contributed by atoms with E-state index in [0.717, 1.165) is 31.4 Å². The molecule has 3 aliphatic heterocycles. The molecular weight excluding hydrogens is 266 g/mol. The van der Waals surface area contributed by atoms with E-state index < -0.39 is 0 Å². The zero-order valence-electron chi connectivity index (χ0n) is 11.7. The van der Waals surface area contributed by atoms with E-state index in [1.807, 2.05) is 12.1 Å². The Hall–Kier alpha value is -1.68. The molecule has 1 aromatic carbocycles. The fraction of sp³-hybridized carbons (Fsp3) is 0.529. The Balaban J connectivity index is 1.55. The minimum Gasteiger partial charge on any atom is -0.373 e. The summed E-state index contributed by atoms with van der Waals surface area (Å²) < 4.78 is 5.77. The molecule has 4 unspecified atom stereocenters. The molecule has 3 saturated heterocycles. The molecule has 1 aliphatic carbocycles. The molecule has 0 N–H and O–H groups in total. The Bertz CT molecular complexity index is 640. The highest BCUT2D eigenvalue weighted by atomic mass is 16.5. The van der Waals surface area contributed by atoms with Crippen molar-refractivity contribution in [1.82, 2.24) is 0 Å². The first-order valence-electron chi connectivity index (χ1n) is 7.89. The second-order valence-corrected chi connectivity index (χ2v) is 6.66. The quantitative estimate of drug-likeness (QED) is 0.739. The van der Waals surface area contributed by atoms with Crippen LogP contribution in [0.3, 0.4) is 0 Å². The molecule has 4 heteroatoms. The van der Waals surface area contributed by atoms with Crippen molar-refractivity contribution in [1.29, 1.82) is 0 Å². The highest BCUT2D eigenvalue weighted by Gasteiger charge is 2.62. The van der Waals surface area contributed by atoms with Crippen molar-refractivity contribution in [2.45, 2.75) is 44.3 Å².